The van der Waals surface area contributed by atoms with E-state index in [4.69, 9.17) is 16.3 Å². The number of halogens is 3. The molecule has 9 heteroatoms. The molecule has 3 rings (SSSR count). The molecule has 0 bridgehead atoms. The molecule has 0 saturated heterocycles. The van der Waals surface area contributed by atoms with Crippen LogP contribution in [0.1, 0.15) is 57.3 Å². The lowest BCUT2D eigenvalue weighted by Gasteiger charge is -2.41. The van der Waals surface area contributed by atoms with E-state index in [1.807, 2.05) is 67.9 Å². The van der Waals surface area contributed by atoms with Crippen molar-refractivity contribution < 1.29 is 23.1 Å². The van der Waals surface area contributed by atoms with E-state index in [0.717, 1.165) is 29.4 Å². The molecule has 0 spiro atoms. The first-order valence-electron chi connectivity index (χ1n) is 14.6. The summed E-state index contributed by atoms with van der Waals surface area (Å²) in [4.78, 5) is 27.3. The van der Waals surface area contributed by atoms with Crippen LogP contribution in [0.5, 0.6) is 0 Å². The summed E-state index contributed by atoms with van der Waals surface area (Å²) in [6.45, 7) is 11.9. The van der Waals surface area contributed by atoms with E-state index in [-0.39, 0.29) is 29.7 Å². The van der Waals surface area contributed by atoms with Crippen LogP contribution in [0.15, 0.2) is 60.8 Å². The van der Waals surface area contributed by atoms with Gasteiger partial charge in [0, 0.05) is 51.3 Å². The first kappa shape index (κ1) is 33.5. The van der Waals surface area contributed by atoms with E-state index < -0.39 is 31.9 Å². The van der Waals surface area contributed by atoms with Gasteiger partial charge in [0.1, 0.15) is 17.5 Å². The number of carbonyl (C=O) groups excluding carboxylic acids is 2. The molecule has 0 aliphatic carbocycles. The number of ether oxygens (including phenoxy) is 1. The van der Waals surface area contributed by atoms with E-state index in [1.54, 1.807) is 4.90 Å². The maximum atomic E-state index is 14.9. The fourth-order valence-electron chi connectivity index (χ4n) is 5.12. The van der Waals surface area contributed by atoms with Crippen LogP contribution in [0.25, 0.3) is 11.1 Å². The summed E-state index contributed by atoms with van der Waals surface area (Å²) < 4.78 is 36.4. The third-order valence-corrected chi connectivity index (χ3v) is 8.82. The highest BCUT2D eigenvalue weighted by Crippen LogP contribution is 2.41. The first-order chi connectivity index (χ1) is 19.9. The second kappa shape index (κ2) is 15.5. The van der Waals surface area contributed by atoms with Crippen molar-refractivity contribution >= 4 is 32.3 Å². The summed E-state index contributed by atoms with van der Waals surface area (Å²) in [7, 11) is -0.776. The topological polar surface area (TPSA) is 51.5 Å². The van der Waals surface area contributed by atoms with Gasteiger partial charge < -0.3 is 14.2 Å². The van der Waals surface area contributed by atoms with Gasteiger partial charge in [-0.15, -0.1) is 11.6 Å². The molecule has 1 amide bonds. The van der Waals surface area contributed by atoms with Crippen LogP contribution in [0.4, 0.5) is 8.78 Å². The zero-order valence-corrected chi connectivity index (χ0v) is 27.2. The lowest BCUT2D eigenvalue weighted by atomic mass is 9.83. The fraction of sp³-hybridized carbons (Fsp3) is 0.455. The van der Waals surface area contributed by atoms with Gasteiger partial charge in [-0.25, -0.2) is 8.78 Å². The number of unbranched alkanes of at least 4 members (excludes halogenated alkanes) is 1. The monoisotopic (exact) mass is 616 g/mol. The van der Waals surface area contributed by atoms with Crippen molar-refractivity contribution in [1.82, 2.24) is 9.47 Å². The number of esters is 1. The zero-order chi connectivity index (χ0) is 30.9. The molecule has 228 valence electrons. The Bertz CT molecular complexity index is 1320. The average Bonchev–Trinajstić information content (AvgIpc) is 3.33. The van der Waals surface area contributed by atoms with Gasteiger partial charge in [-0.05, 0) is 54.1 Å². The summed E-state index contributed by atoms with van der Waals surface area (Å²) in [6.07, 6.45) is 3.27. The number of benzene rings is 2. The summed E-state index contributed by atoms with van der Waals surface area (Å²) in [5.41, 5.74) is 2.07. The summed E-state index contributed by atoms with van der Waals surface area (Å²) in [5, 5.41) is 0. The highest BCUT2D eigenvalue weighted by atomic mass is 35.5. The third-order valence-electron chi connectivity index (χ3n) is 7.20. The lowest BCUT2D eigenvalue weighted by molar-refractivity contribution is -0.143. The van der Waals surface area contributed by atoms with Gasteiger partial charge in [0.2, 0.25) is 5.91 Å². The van der Waals surface area contributed by atoms with Crippen molar-refractivity contribution in [3.63, 3.8) is 0 Å². The van der Waals surface area contributed by atoms with Crippen molar-refractivity contribution in [3.05, 3.63) is 83.7 Å². The summed E-state index contributed by atoms with van der Waals surface area (Å²) >= 11 is 6.12. The Hall–Kier alpha value is -2.97. The number of amides is 1. The van der Waals surface area contributed by atoms with Crippen LogP contribution in [0.2, 0.25) is 19.1 Å². The van der Waals surface area contributed by atoms with Gasteiger partial charge in [0.25, 0.3) is 0 Å². The minimum absolute atomic E-state index is 0.157. The molecule has 1 atom stereocenters. The summed E-state index contributed by atoms with van der Waals surface area (Å²) in [5.74, 6) is -1.69. The minimum Gasteiger partial charge on any atom is -0.466 e. The zero-order valence-electron chi connectivity index (χ0n) is 25.3. The smallest absolute Gasteiger partial charge is 0.305 e. The van der Waals surface area contributed by atoms with Crippen LogP contribution in [0.3, 0.4) is 0 Å². The first-order valence-corrected chi connectivity index (χ1v) is 18.3. The van der Waals surface area contributed by atoms with Gasteiger partial charge in [-0.2, -0.15) is 0 Å². The maximum Gasteiger partial charge on any atom is 0.305 e. The molecule has 0 fully saturated rings. The minimum atomic E-state index is -0.776. The molecule has 2 aromatic carbocycles. The standard InChI is InChI=1S/C33H43ClF2N2O3Si/c1-33(2,3)32(38(30(39)21-34)16-10-9-13-31(40)41-17-18-42(4)5)29-19-25(27-20-26(35)14-15-28(27)36)23-37(29)22-24-11-7-6-8-12-24/h6-8,11-12,14-15,19-20,23,32,42H,9-10,13,16-18,21-22H2,1-5H3. The molecule has 0 radical (unpaired) electrons. The largest absolute Gasteiger partial charge is 0.466 e. The molecule has 1 heterocycles. The molecule has 3 aromatic rings. The SMILES string of the molecule is C[SiH](C)CCOC(=O)CCCCN(C(=O)CCl)C(c1cc(-c2cc(F)ccc2F)cn1Cc1ccccc1)C(C)(C)C. The molecule has 5 nitrogen and oxygen atoms in total. The maximum absolute atomic E-state index is 14.9. The molecule has 0 aliphatic rings. The van der Waals surface area contributed by atoms with Gasteiger partial charge in [0.15, 0.2) is 0 Å². The van der Waals surface area contributed by atoms with Gasteiger partial charge in [0.05, 0.1) is 12.6 Å². The van der Waals surface area contributed by atoms with Gasteiger partial charge in [-0.1, -0.05) is 64.2 Å². The van der Waals surface area contributed by atoms with Crippen LogP contribution >= 0.6 is 11.6 Å². The van der Waals surface area contributed by atoms with E-state index in [1.165, 1.54) is 6.07 Å². The number of hydrogen-bond acceptors (Lipinski definition) is 3. The van der Waals surface area contributed by atoms with Crippen LogP contribution in [-0.4, -0.2) is 49.2 Å². The van der Waals surface area contributed by atoms with Crippen LogP contribution < -0.4 is 0 Å². The van der Waals surface area contributed by atoms with Crippen molar-refractivity contribution in [3.8, 4) is 11.1 Å². The van der Waals surface area contributed by atoms with Crippen LogP contribution in [-0.2, 0) is 20.9 Å². The second-order valence-corrected chi connectivity index (χ2v) is 15.9. The number of rotatable bonds is 14. The fourth-order valence-corrected chi connectivity index (χ4v) is 5.86. The number of nitrogens with zero attached hydrogens (tertiary/aromatic N) is 2. The summed E-state index contributed by atoms with van der Waals surface area (Å²) in [6, 6.07) is 15.6. The highest BCUT2D eigenvalue weighted by molar-refractivity contribution is 6.55. The highest BCUT2D eigenvalue weighted by Gasteiger charge is 2.37. The molecule has 0 aliphatic heterocycles. The lowest BCUT2D eigenvalue weighted by Crippen LogP contribution is -2.43. The molecule has 0 saturated carbocycles. The van der Waals surface area contributed by atoms with E-state index in [9.17, 15) is 18.4 Å². The van der Waals surface area contributed by atoms with E-state index in [2.05, 4.69) is 13.1 Å². The molecular weight excluding hydrogens is 574 g/mol. The molecule has 1 aromatic heterocycles. The Kier molecular flexibility index (Phi) is 12.4. The predicted molar refractivity (Wildman–Crippen MR) is 168 cm³/mol. The number of aromatic nitrogens is 1. The predicted octanol–water partition coefficient (Wildman–Crippen LogP) is 7.84. The number of hydrogen-bond donors (Lipinski definition) is 0. The molecule has 42 heavy (non-hydrogen) atoms. The Morgan fingerprint density at radius 2 is 1.76 bits per heavy atom. The molecular formula is C33H43ClF2N2O3Si. The molecule has 0 N–H and O–H groups in total. The average molecular weight is 617 g/mol. The van der Waals surface area contributed by atoms with Crippen molar-refractivity contribution in [2.45, 2.75) is 71.8 Å². The second-order valence-electron chi connectivity index (χ2n) is 12.2. The van der Waals surface area contributed by atoms with E-state index in [0.29, 0.717) is 38.1 Å². The van der Waals surface area contributed by atoms with Crippen molar-refractivity contribution in [1.29, 1.82) is 0 Å². The van der Waals surface area contributed by atoms with Crippen molar-refractivity contribution in [2.75, 3.05) is 19.0 Å². The Morgan fingerprint density at radius 3 is 2.40 bits per heavy atom. The van der Waals surface area contributed by atoms with Crippen LogP contribution in [0, 0.1) is 17.0 Å². The Morgan fingerprint density at radius 1 is 1.05 bits per heavy atom. The van der Waals surface area contributed by atoms with Crippen molar-refractivity contribution in [2.24, 2.45) is 5.41 Å². The third kappa shape index (κ3) is 9.53. The number of alkyl halides is 1. The quantitative estimate of drug-likeness (QED) is 0.0802. The Balaban J connectivity index is 1.95. The normalized spacial score (nSPS) is 12.4. The van der Waals surface area contributed by atoms with Gasteiger partial charge in [-0.3, -0.25) is 9.59 Å². The Labute approximate surface area is 255 Å². The molecule has 1 unspecified atom stereocenters. The number of carbonyl (C=O) groups is 2. The van der Waals surface area contributed by atoms with E-state index >= 15 is 0 Å². The van der Waals surface area contributed by atoms with Gasteiger partial charge >= 0.3 is 5.97 Å².